The number of hydrogen-bond donors (Lipinski definition) is 0. The molecular weight excluding hydrogens is 258 g/mol. The molecule has 19 heavy (non-hydrogen) atoms. The summed E-state index contributed by atoms with van der Waals surface area (Å²) in [7, 11) is -2.01. The summed E-state index contributed by atoms with van der Waals surface area (Å²) in [5.74, 6) is -0.0543. The highest BCUT2D eigenvalue weighted by atomic mass is 28.4. The summed E-state index contributed by atoms with van der Waals surface area (Å²) in [6.45, 7) is 12.6. The van der Waals surface area contributed by atoms with Gasteiger partial charge in [-0.15, -0.1) is 0 Å². The van der Waals surface area contributed by atoms with Gasteiger partial charge in [-0.3, -0.25) is 4.79 Å². The smallest absolute Gasteiger partial charge is 0.193 e. The molecule has 1 aliphatic carbocycles. The number of ketones is 1. The average Bonchev–Trinajstić information content (AvgIpc) is 2.23. The molecule has 0 aromatic carbocycles. The van der Waals surface area contributed by atoms with Gasteiger partial charge in [-0.1, -0.05) is 25.9 Å². The van der Waals surface area contributed by atoms with Gasteiger partial charge in [0.1, 0.15) is 5.60 Å². The lowest BCUT2D eigenvalue weighted by Crippen LogP contribution is -2.55. The van der Waals surface area contributed by atoms with Crippen LogP contribution in [0, 0.1) is 0 Å². The zero-order valence-corrected chi connectivity index (χ0v) is 13.9. The monoisotopic (exact) mass is 283 g/mol. The minimum Gasteiger partial charge on any atom is -0.405 e. The van der Waals surface area contributed by atoms with Crippen LogP contribution in [0.15, 0.2) is 5.11 Å². The SMILES string of the molecule is CC(C)(C)[Si](C)(C)O[C@]1(C)CCCC(N=[N+]=[N-])C1=O. The molecule has 0 amide bonds. The Morgan fingerprint density at radius 2 is 2.05 bits per heavy atom. The molecule has 0 N–H and O–H groups in total. The van der Waals surface area contributed by atoms with Gasteiger partial charge in [-0.25, -0.2) is 0 Å². The van der Waals surface area contributed by atoms with Gasteiger partial charge in [0.05, 0.1) is 6.04 Å². The Balaban J connectivity index is 2.97. The third-order valence-corrected chi connectivity index (χ3v) is 9.01. The maximum absolute atomic E-state index is 12.5. The van der Waals surface area contributed by atoms with Crippen molar-refractivity contribution >= 4 is 14.1 Å². The van der Waals surface area contributed by atoms with E-state index in [0.29, 0.717) is 6.42 Å². The summed E-state index contributed by atoms with van der Waals surface area (Å²) in [4.78, 5) is 15.3. The first-order valence-electron chi connectivity index (χ1n) is 6.82. The molecule has 1 rings (SSSR count). The van der Waals surface area contributed by atoms with E-state index in [9.17, 15) is 4.79 Å². The van der Waals surface area contributed by atoms with Crippen LogP contribution in [0.2, 0.25) is 18.1 Å². The van der Waals surface area contributed by atoms with Crippen molar-refractivity contribution in [2.45, 2.75) is 76.7 Å². The van der Waals surface area contributed by atoms with Gasteiger partial charge >= 0.3 is 0 Å². The Bertz CT molecular complexity index is 411. The molecule has 0 aliphatic heterocycles. The van der Waals surface area contributed by atoms with Gasteiger partial charge in [-0.05, 0) is 49.8 Å². The van der Waals surface area contributed by atoms with E-state index < -0.39 is 20.0 Å². The number of hydrogen-bond acceptors (Lipinski definition) is 3. The standard InChI is InChI=1S/C13H25N3O2Si/c1-12(2,3)19(5,6)18-13(4)9-7-8-10(11(13)17)15-16-14/h10H,7-9H2,1-6H3/t10?,13-/m1/s1. The average molecular weight is 283 g/mol. The van der Waals surface area contributed by atoms with Crippen molar-refractivity contribution in [1.82, 2.24) is 0 Å². The quantitative estimate of drug-likeness (QED) is 0.337. The number of nitrogens with zero attached hydrogens (tertiary/aromatic N) is 3. The summed E-state index contributed by atoms with van der Waals surface area (Å²) in [5.41, 5.74) is 7.75. The van der Waals surface area contributed by atoms with E-state index in [1.807, 2.05) is 6.92 Å². The second-order valence-corrected chi connectivity index (χ2v) is 11.8. The maximum Gasteiger partial charge on any atom is 0.193 e. The molecule has 0 spiro atoms. The van der Waals surface area contributed by atoms with Gasteiger partial charge in [0.15, 0.2) is 14.1 Å². The molecule has 1 saturated carbocycles. The number of carbonyl (C=O) groups is 1. The van der Waals surface area contributed by atoms with Crippen LogP contribution in [0.5, 0.6) is 0 Å². The molecule has 0 radical (unpaired) electrons. The van der Waals surface area contributed by atoms with Gasteiger partial charge in [0.2, 0.25) is 0 Å². The largest absolute Gasteiger partial charge is 0.405 e. The first-order valence-corrected chi connectivity index (χ1v) is 9.73. The molecule has 0 aromatic rings. The summed E-state index contributed by atoms with van der Waals surface area (Å²) in [6, 6.07) is -0.562. The van der Waals surface area contributed by atoms with Crippen molar-refractivity contribution in [3.8, 4) is 0 Å². The van der Waals surface area contributed by atoms with Crippen LogP contribution < -0.4 is 0 Å². The lowest BCUT2D eigenvalue weighted by Gasteiger charge is -2.45. The van der Waals surface area contributed by atoms with Crippen molar-refractivity contribution in [2.75, 3.05) is 0 Å². The van der Waals surface area contributed by atoms with E-state index >= 15 is 0 Å². The van der Waals surface area contributed by atoms with Crippen molar-refractivity contribution in [3.63, 3.8) is 0 Å². The molecule has 5 nitrogen and oxygen atoms in total. The fraction of sp³-hybridized carbons (Fsp3) is 0.923. The maximum atomic E-state index is 12.5. The molecule has 2 atom stereocenters. The third-order valence-electron chi connectivity index (χ3n) is 4.43. The van der Waals surface area contributed by atoms with Crippen molar-refractivity contribution < 1.29 is 9.22 Å². The van der Waals surface area contributed by atoms with E-state index in [4.69, 9.17) is 9.96 Å². The zero-order chi connectivity index (χ0) is 14.9. The highest BCUT2D eigenvalue weighted by Gasteiger charge is 2.48. The molecule has 0 aromatic heterocycles. The van der Waals surface area contributed by atoms with Gasteiger partial charge in [-0.2, -0.15) is 0 Å². The predicted molar refractivity (Wildman–Crippen MR) is 78.5 cm³/mol. The molecule has 0 saturated heterocycles. The molecular formula is C13H25N3O2Si. The van der Waals surface area contributed by atoms with Crippen LogP contribution in [-0.2, 0) is 9.22 Å². The highest BCUT2D eigenvalue weighted by molar-refractivity contribution is 6.74. The summed E-state index contributed by atoms with van der Waals surface area (Å²) in [6.07, 6.45) is 2.22. The molecule has 108 valence electrons. The summed E-state index contributed by atoms with van der Waals surface area (Å²) < 4.78 is 6.33. The first-order chi connectivity index (χ1) is 8.53. The molecule has 1 fully saturated rings. The molecule has 6 heteroatoms. The van der Waals surface area contributed by atoms with E-state index in [1.54, 1.807) is 0 Å². The van der Waals surface area contributed by atoms with Crippen LogP contribution in [0.3, 0.4) is 0 Å². The van der Waals surface area contributed by atoms with E-state index in [-0.39, 0.29) is 10.8 Å². The zero-order valence-electron chi connectivity index (χ0n) is 12.9. The Kier molecular flexibility index (Phi) is 4.50. The van der Waals surface area contributed by atoms with E-state index in [0.717, 1.165) is 12.8 Å². The normalized spacial score (nSPS) is 28.9. The second-order valence-electron chi connectivity index (χ2n) is 7.07. The van der Waals surface area contributed by atoms with Crippen LogP contribution >= 0.6 is 0 Å². The third kappa shape index (κ3) is 3.38. The highest BCUT2D eigenvalue weighted by Crippen LogP contribution is 2.42. The van der Waals surface area contributed by atoms with Crippen molar-refractivity contribution in [1.29, 1.82) is 0 Å². The van der Waals surface area contributed by atoms with Gasteiger partial charge in [0, 0.05) is 4.91 Å². The Hall–Kier alpha value is -0.843. The Morgan fingerprint density at radius 3 is 2.53 bits per heavy atom. The van der Waals surface area contributed by atoms with Crippen LogP contribution in [-0.4, -0.2) is 25.7 Å². The Morgan fingerprint density at radius 1 is 1.47 bits per heavy atom. The fourth-order valence-electron chi connectivity index (χ4n) is 2.23. The predicted octanol–water partition coefficient (Wildman–Crippen LogP) is 4.20. The second kappa shape index (κ2) is 5.27. The minimum atomic E-state index is -2.01. The van der Waals surface area contributed by atoms with E-state index in [2.05, 4.69) is 43.9 Å². The lowest BCUT2D eigenvalue weighted by molar-refractivity contribution is -0.138. The molecule has 1 aliphatic rings. The van der Waals surface area contributed by atoms with Crippen LogP contribution in [0.25, 0.3) is 10.4 Å². The van der Waals surface area contributed by atoms with E-state index in [1.165, 1.54) is 0 Å². The lowest BCUT2D eigenvalue weighted by atomic mass is 9.82. The summed E-state index contributed by atoms with van der Waals surface area (Å²) >= 11 is 0. The topological polar surface area (TPSA) is 75.1 Å². The van der Waals surface area contributed by atoms with Gasteiger partial charge < -0.3 is 4.43 Å². The first kappa shape index (κ1) is 16.2. The number of carbonyl (C=O) groups excluding carboxylic acids is 1. The summed E-state index contributed by atoms with van der Waals surface area (Å²) in [5, 5.41) is 3.68. The number of Topliss-reactive ketones (excluding diaryl/α,β-unsaturated/α-hetero) is 1. The van der Waals surface area contributed by atoms with Gasteiger partial charge in [0.25, 0.3) is 0 Å². The number of azide groups is 1. The molecule has 1 unspecified atom stereocenters. The number of rotatable bonds is 3. The minimum absolute atomic E-state index is 0.0543. The molecule has 0 bridgehead atoms. The molecule has 0 heterocycles. The fourth-order valence-corrected chi connectivity index (χ4v) is 3.86. The Labute approximate surface area is 116 Å². The van der Waals surface area contributed by atoms with Crippen LogP contribution in [0.4, 0.5) is 0 Å². The van der Waals surface area contributed by atoms with Crippen molar-refractivity contribution in [2.24, 2.45) is 5.11 Å². The van der Waals surface area contributed by atoms with Crippen LogP contribution in [0.1, 0.15) is 47.0 Å². The van der Waals surface area contributed by atoms with Crippen molar-refractivity contribution in [3.05, 3.63) is 10.4 Å².